The molecule has 2 N–H and O–H groups in total. The summed E-state index contributed by atoms with van der Waals surface area (Å²) >= 11 is 1.65. The summed E-state index contributed by atoms with van der Waals surface area (Å²) in [6.07, 6.45) is 1.38. The third kappa shape index (κ3) is 3.47. The lowest BCUT2D eigenvalue weighted by atomic mass is 10.2. The van der Waals surface area contributed by atoms with Crippen LogP contribution in [-0.2, 0) is 6.54 Å². The molecule has 2 aromatic heterocycles. The van der Waals surface area contributed by atoms with Gasteiger partial charge in [-0.05, 0) is 36.1 Å². The molecule has 0 amide bonds. The fourth-order valence-corrected chi connectivity index (χ4v) is 3.26. The normalized spacial score (nSPS) is 12.7. The minimum absolute atomic E-state index is 0.479. The van der Waals surface area contributed by atoms with E-state index in [0.717, 1.165) is 16.1 Å². The van der Waals surface area contributed by atoms with E-state index in [1.807, 2.05) is 37.4 Å². The van der Waals surface area contributed by atoms with Gasteiger partial charge in [0.2, 0.25) is 0 Å². The summed E-state index contributed by atoms with van der Waals surface area (Å²) in [5, 5.41) is 14.7. The summed E-state index contributed by atoms with van der Waals surface area (Å²) < 4.78 is 1.21. The van der Waals surface area contributed by atoms with Crippen molar-refractivity contribution in [2.75, 3.05) is 6.54 Å². The molecule has 1 aromatic carbocycles. The van der Waals surface area contributed by atoms with Crippen LogP contribution >= 0.6 is 11.3 Å². The molecule has 0 bridgehead atoms. The van der Waals surface area contributed by atoms with Crippen molar-refractivity contribution in [3.8, 4) is 0 Å². The third-order valence-electron chi connectivity index (χ3n) is 3.39. The Morgan fingerprint density at radius 2 is 2.10 bits per heavy atom. The van der Waals surface area contributed by atoms with Crippen LogP contribution in [0, 0.1) is 6.92 Å². The van der Waals surface area contributed by atoms with E-state index in [1.54, 1.807) is 11.3 Å². The highest BCUT2D eigenvalue weighted by Crippen LogP contribution is 2.29. The predicted molar refractivity (Wildman–Crippen MR) is 87.5 cm³/mol. The van der Waals surface area contributed by atoms with Crippen LogP contribution in [0.15, 0.2) is 48.7 Å². The van der Waals surface area contributed by atoms with Crippen LogP contribution in [-0.4, -0.2) is 16.6 Å². The van der Waals surface area contributed by atoms with Gasteiger partial charge >= 0.3 is 0 Å². The van der Waals surface area contributed by atoms with Crippen molar-refractivity contribution < 1.29 is 5.11 Å². The molecule has 0 spiro atoms. The van der Waals surface area contributed by atoms with Crippen LogP contribution in [0.3, 0.4) is 0 Å². The van der Waals surface area contributed by atoms with Gasteiger partial charge in [0, 0.05) is 28.9 Å². The summed E-state index contributed by atoms with van der Waals surface area (Å²) in [5.41, 5.74) is 2.15. The van der Waals surface area contributed by atoms with E-state index in [-0.39, 0.29) is 0 Å². The zero-order valence-electron chi connectivity index (χ0n) is 11.9. The second kappa shape index (κ2) is 6.35. The van der Waals surface area contributed by atoms with Crippen LogP contribution < -0.4 is 5.32 Å². The summed E-state index contributed by atoms with van der Waals surface area (Å²) in [7, 11) is 0. The highest BCUT2D eigenvalue weighted by Gasteiger charge is 2.11. The molecule has 108 valence electrons. The molecule has 4 heteroatoms. The van der Waals surface area contributed by atoms with Crippen molar-refractivity contribution in [3.63, 3.8) is 0 Å². The highest BCUT2D eigenvalue weighted by atomic mass is 32.1. The SMILES string of the molecule is Cc1ccc(CNCC(O)c2cc3ccccc3s2)nc1. The summed E-state index contributed by atoms with van der Waals surface area (Å²) in [6, 6.07) is 14.3. The molecular weight excluding hydrogens is 280 g/mol. The molecule has 0 fully saturated rings. The van der Waals surface area contributed by atoms with Crippen LogP contribution in [0.1, 0.15) is 22.2 Å². The molecule has 0 aliphatic rings. The first kappa shape index (κ1) is 14.2. The Balaban J connectivity index is 1.58. The quantitative estimate of drug-likeness (QED) is 0.758. The van der Waals surface area contributed by atoms with E-state index in [1.165, 1.54) is 10.1 Å². The Bertz CT molecular complexity index is 688. The lowest BCUT2D eigenvalue weighted by Crippen LogP contribution is -2.21. The third-order valence-corrected chi connectivity index (χ3v) is 4.61. The second-order valence-electron chi connectivity index (χ2n) is 5.16. The molecule has 0 saturated carbocycles. The fourth-order valence-electron chi connectivity index (χ4n) is 2.21. The molecule has 1 unspecified atom stereocenters. The molecule has 2 heterocycles. The molecule has 0 aliphatic carbocycles. The Hall–Kier alpha value is -1.75. The van der Waals surface area contributed by atoms with Crippen molar-refractivity contribution in [2.45, 2.75) is 19.6 Å². The van der Waals surface area contributed by atoms with Crippen molar-refractivity contribution >= 4 is 21.4 Å². The Labute approximate surface area is 128 Å². The molecular formula is C17H18N2OS. The molecule has 3 nitrogen and oxygen atoms in total. The molecule has 3 aromatic rings. The summed E-state index contributed by atoms with van der Waals surface area (Å²) in [4.78, 5) is 5.34. The summed E-state index contributed by atoms with van der Waals surface area (Å²) in [5.74, 6) is 0. The maximum atomic E-state index is 10.3. The van der Waals surface area contributed by atoms with Gasteiger partial charge in [-0.15, -0.1) is 11.3 Å². The van der Waals surface area contributed by atoms with Crippen LogP contribution in [0.25, 0.3) is 10.1 Å². The standard InChI is InChI=1S/C17H18N2OS/c1-12-6-7-14(19-9-12)10-18-11-15(20)17-8-13-4-2-3-5-16(13)21-17/h2-9,15,18,20H,10-11H2,1H3. The van der Waals surface area contributed by atoms with Gasteiger partial charge in [0.05, 0.1) is 5.69 Å². The molecule has 21 heavy (non-hydrogen) atoms. The van der Waals surface area contributed by atoms with Gasteiger partial charge in [0.1, 0.15) is 6.10 Å². The minimum Gasteiger partial charge on any atom is -0.386 e. The number of fused-ring (bicyclic) bond motifs is 1. The lowest BCUT2D eigenvalue weighted by Gasteiger charge is -2.09. The first-order chi connectivity index (χ1) is 10.2. The molecule has 1 atom stereocenters. The number of nitrogens with zero attached hydrogens (tertiary/aromatic N) is 1. The minimum atomic E-state index is -0.479. The van der Waals surface area contributed by atoms with E-state index >= 15 is 0 Å². The number of hydrogen-bond acceptors (Lipinski definition) is 4. The molecule has 3 rings (SSSR count). The largest absolute Gasteiger partial charge is 0.386 e. The van der Waals surface area contributed by atoms with Crippen molar-refractivity contribution in [1.82, 2.24) is 10.3 Å². The summed E-state index contributed by atoms with van der Waals surface area (Å²) in [6.45, 7) is 3.22. The number of pyridine rings is 1. The Morgan fingerprint density at radius 3 is 2.86 bits per heavy atom. The van der Waals surface area contributed by atoms with Crippen molar-refractivity contribution in [1.29, 1.82) is 0 Å². The molecule has 0 saturated heterocycles. The molecule has 0 aliphatic heterocycles. The number of thiophene rings is 1. The topological polar surface area (TPSA) is 45.1 Å². The van der Waals surface area contributed by atoms with Gasteiger partial charge in [-0.25, -0.2) is 0 Å². The number of aromatic nitrogens is 1. The maximum absolute atomic E-state index is 10.3. The Kier molecular flexibility index (Phi) is 4.29. The van der Waals surface area contributed by atoms with Crippen molar-refractivity contribution in [2.24, 2.45) is 0 Å². The van der Waals surface area contributed by atoms with Gasteiger partial charge in [-0.1, -0.05) is 24.3 Å². The molecule has 0 radical (unpaired) electrons. The number of aliphatic hydroxyl groups is 1. The monoisotopic (exact) mass is 298 g/mol. The van der Waals surface area contributed by atoms with Crippen LogP contribution in [0.5, 0.6) is 0 Å². The maximum Gasteiger partial charge on any atom is 0.101 e. The van der Waals surface area contributed by atoms with Gasteiger partial charge in [0.15, 0.2) is 0 Å². The van der Waals surface area contributed by atoms with Gasteiger partial charge in [-0.3, -0.25) is 4.98 Å². The second-order valence-corrected chi connectivity index (χ2v) is 6.28. The van der Waals surface area contributed by atoms with Gasteiger partial charge < -0.3 is 10.4 Å². The number of nitrogens with one attached hydrogen (secondary N) is 1. The smallest absolute Gasteiger partial charge is 0.101 e. The van der Waals surface area contributed by atoms with E-state index in [4.69, 9.17) is 0 Å². The number of rotatable bonds is 5. The van der Waals surface area contributed by atoms with E-state index in [9.17, 15) is 5.11 Å². The average molecular weight is 298 g/mol. The van der Waals surface area contributed by atoms with E-state index < -0.39 is 6.10 Å². The number of aliphatic hydroxyl groups excluding tert-OH is 1. The predicted octanol–water partition coefficient (Wildman–Crippen LogP) is 3.43. The Morgan fingerprint density at radius 1 is 1.24 bits per heavy atom. The van der Waals surface area contributed by atoms with Gasteiger partial charge in [0.25, 0.3) is 0 Å². The number of hydrogen-bond donors (Lipinski definition) is 2. The van der Waals surface area contributed by atoms with Crippen molar-refractivity contribution in [3.05, 3.63) is 64.8 Å². The van der Waals surface area contributed by atoms with Crippen LogP contribution in [0.4, 0.5) is 0 Å². The first-order valence-corrected chi connectivity index (χ1v) is 7.83. The van der Waals surface area contributed by atoms with Crippen LogP contribution in [0.2, 0.25) is 0 Å². The van der Waals surface area contributed by atoms with E-state index in [0.29, 0.717) is 13.1 Å². The number of benzene rings is 1. The zero-order chi connectivity index (χ0) is 14.7. The first-order valence-electron chi connectivity index (χ1n) is 7.01. The lowest BCUT2D eigenvalue weighted by molar-refractivity contribution is 0.178. The van der Waals surface area contributed by atoms with Gasteiger partial charge in [-0.2, -0.15) is 0 Å². The average Bonchev–Trinajstić information content (AvgIpc) is 2.93. The fraction of sp³-hybridized carbons (Fsp3) is 0.235. The zero-order valence-corrected chi connectivity index (χ0v) is 12.7. The number of aryl methyl sites for hydroxylation is 1. The van der Waals surface area contributed by atoms with E-state index in [2.05, 4.69) is 28.5 Å². The highest BCUT2D eigenvalue weighted by molar-refractivity contribution is 7.19.